The Kier molecular flexibility index (Phi) is 8.09. The number of amidine groups is 1. The lowest BCUT2D eigenvalue weighted by atomic mass is 9.90. The van der Waals surface area contributed by atoms with Crippen LogP contribution < -0.4 is 10.6 Å². The highest BCUT2D eigenvalue weighted by molar-refractivity contribution is 8.04. The van der Waals surface area contributed by atoms with E-state index in [1.165, 1.54) is 107 Å². The lowest BCUT2D eigenvalue weighted by molar-refractivity contribution is 0.485. The molecule has 1 N–H and O–H groups in total. The van der Waals surface area contributed by atoms with Crippen LogP contribution in [-0.4, -0.2) is 24.7 Å². The molecule has 3 aromatic rings. The Hall–Kier alpha value is -2.38. The SMILES string of the molecule is [B][P+](c1c(C2=N[C@@H](c3ccccc3)[C@H](c3ccccc3)N2)ccc2c1CCCC2)(C1CCCCC1)C1CCCCC1. The first kappa shape index (κ1) is 27.5. The Morgan fingerprint density at radius 2 is 1.22 bits per heavy atom. The Morgan fingerprint density at radius 1 is 0.634 bits per heavy atom. The van der Waals surface area contributed by atoms with Crippen molar-refractivity contribution in [2.24, 2.45) is 4.99 Å². The molecule has 3 aliphatic carbocycles. The van der Waals surface area contributed by atoms with Crippen LogP contribution in [0.25, 0.3) is 0 Å². The van der Waals surface area contributed by atoms with Crippen molar-refractivity contribution in [3.05, 3.63) is 101 Å². The number of rotatable bonds is 6. The number of aliphatic imine (C=N–C) groups is 1. The van der Waals surface area contributed by atoms with Crippen LogP contribution in [0.5, 0.6) is 0 Å². The lowest BCUT2D eigenvalue weighted by Gasteiger charge is -2.44. The number of aryl methyl sites for hydroxylation is 1. The van der Waals surface area contributed by atoms with E-state index in [2.05, 4.69) is 78.1 Å². The van der Waals surface area contributed by atoms with E-state index in [-0.39, 0.29) is 12.1 Å². The van der Waals surface area contributed by atoms with Gasteiger partial charge in [-0.25, -0.2) is 0 Å². The lowest BCUT2D eigenvalue weighted by Crippen LogP contribution is -2.41. The number of hydrogen-bond donors (Lipinski definition) is 1. The molecule has 2 atom stereocenters. The topological polar surface area (TPSA) is 24.4 Å². The van der Waals surface area contributed by atoms with Crippen molar-refractivity contribution in [3.63, 3.8) is 0 Å². The highest BCUT2D eigenvalue weighted by Crippen LogP contribution is 2.69. The van der Waals surface area contributed by atoms with E-state index in [0.717, 1.165) is 5.84 Å². The fraction of sp³-hybridized carbons (Fsp3) is 0.486. The maximum Gasteiger partial charge on any atom is 0.371 e. The van der Waals surface area contributed by atoms with Gasteiger partial charge >= 0.3 is 7.57 Å². The molecule has 1 heterocycles. The second-order valence-corrected chi connectivity index (χ2v) is 16.7. The van der Waals surface area contributed by atoms with Crippen molar-refractivity contribution in [2.75, 3.05) is 0 Å². The van der Waals surface area contributed by atoms with E-state index in [0.29, 0.717) is 11.3 Å². The maximum atomic E-state index is 8.18. The standard InChI is InChI=1S/C37H45BN2P/c38-41(30-20-9-3-10-21-30,31-22-11-4-12-23-31)36-32-24-14-13-15-27(32)25-26-33(36)37-39-34(28-16-5-1-6-17-28)35(40-37)29-18-7-2-8-19-29/h1-2,5-8,16-19,25-26,30-31,34-35H,3-4,9-15,20-24H2,(H,39,40)/q+1/t34-,35-/m0/s1. The van der Waals surface area contributed by atoms with E-state index in [1.54, 1.807) is 16.4 Å². The van der Waals surface area contributed by atoms with Crippen LogP contribution in [0.15, 0.2) is 77.8 Å². The molecule has 41 heavy (non-hydrogen) atoms. The van der Waals surface area contributed by atoms with Crippen LogP contribution in [0.3, 0.4) is 0 Å². The summed E-state index contributed by atoms with van der Waals surface area (Å²) in [5, 5.41) is 5.61. The Bertz CT molecular complexity index is 1340. The molecule has 2 saturated carbocycles. The zero-order chi connectivity index (χ0) is 27.6. The molecule has 0 spiro atoms. The van der Waals surface area contributed by atoms with Crippen molar-refractivity contribution in [3.8, 4) is 0 Å². The molecule has 2 radical (unpaired) electrons. The summed E-state index contributed by atoms with van der Waals surface area (Å²) in [5.74, 6) is 1.08. The number of nitrogens with zero attached hydrogens (tertiary/aromatic N) is 1. The Balaban J connectivity index is 1.40. The Labute approximate surface area is 249 Å². The molecule has 210 valence electrons. The molecule has 0 saturated heterocycles. The summed E-state index contributed by atoms with van der Waals surface area (Å²) >= 11 is 0. The molecule has 4 heteroatoms. The van der Waals surface area contributed by atoms with Gasteiger partial charge in [-0.1, -0.05) is 79.6 Å². The average Bonchev–Trinajstić information content (AvgIpc) is 3.51. The van der Waals surface area contributed by atoms with Crippen molar-refractivity contribution < 1.29 is 0 Å². The van der Waals surface area contributed by atoms with E-state index < -0.39 is 7.14 Å². The second kappa shape index (κ2) is 12.1. The maximum absolute atomic E-state index is 8.18. The molecular weight excluding hydrogens is 514 g/mol. The zero-order valence-corrected chi connectivity index (χ0v) is 25.5. The molecule has 1 aliphatic heterocycles. The van der Waals surface area contributed by atoms with Crippen LogP contribution in [0.2, 0.25) is 0 Å². The molecule has 7 rings (SSSR count). The van der Waals surface area contributed by atoms with Gasteiger partial charge in [0.05, 0.1) is 28.2 Å². The Morgan fingerprint density at radius 3 is 1.85 bits per heavy atom. The minimum absolute atomic E-state index is 0.0485. The molecule has 4 aliphatic rings. The number of fused-ring (bicyclic) bond motifs is 1. The van der Waals surface area contributed by atoms with E-state index >= 15 is 0 Å². The quantitative estimate of drug-likeness (QED) is 0.237. The van der Waals surface area contributed by atoms with Crippen molar-refractivity contribution in [2.45, 2.75) is 113 Å². The molecular formula is C37H45BN2P+. The van der Waals surface area contributed by atoms with Crippen LogP contribution in [0, 0.1) is 0 Å². The van der Waals surface area contributed by atoms with E-state index in [9.17, 15) is 0 Å². The number of hydrogen-bond acceptors (Lipinski definition) is 2. The van der Waals surface area contributed by atoms with Crippen molar-refractivity contribution in [1.82, 2.24) is 5.32 Å². The molecule has 0 bridgehead atoms. The molecule has 0 amide bonds. The molecule has 0 aromatic heterocycles. The van der Waals surface area contributed by atoms with Crippen LogP contribution in [-0.2, 0) is 12.8 Å². The third-order valence-electron chi connectivity index (χ3n) is 10.7. The third kappa shape index (κ3) is 5.22. The summed E-state index contributed by atoms with van der Waals surface area (Å²) in [6.07, 6.45) is 18.5. The highest BCUT2D eigenvalue weighted by atomic mass is 31.2. The first-order valence-corrected chi connectivity index (χ1v) is 18.5. The van der Waals surface area contributed by atoms with Gasteiger partial charge in [0.25, 0.3) is 0 Å². The highest BCUT2D eigenvalue weighted by Gasteiger charge is 2.53. The fourth-order valence-corrected chi connectivity index (χ4v) is 13.7. The number of nitrogens with one attached hydrogen (secondary N) is 1. The van der Waals surface area contributed by atoms with Crippen LogP contribution in [0.4, 0.5) is 0 Å². The van der Waals surface area contributed by atoms with Gasteiger partial charge in [-0.2, -0.15) is 0 Å². The van der Waals surface area contributed by atoms with Crippen LogP contribution >= 0.6 is 7.14 Å². The monoisotopic (exact) mass is 559 g/mol. The van der Waals surface area contributed by atoms with E-state index in [1.807, 2.05) is 0 Å². The zero-order valence-electron chi connectivity index (χ0n) is 24.6. The summed E-state index contributed by atoms with van der Waals surface area (Å²) in [7, 11) is 6.25. The van der Waals surface area contributed by atoms with Gasteiger partial charge in [0.15, 0.2) is 0 Å². The first-order chi connectivity index (χ1) is 20.2. The first-order valence-electron chi connectivity index (χ1n) is 16.5. The molecule has 2 fully saturated rings. The predicted molar refractivity (Wildman–Crippen MR) is 177 cm³/mol. The summed E-state index contributed by atoms with van der Waals surface area (Å²) < 4.78 is 0. The largest absolute Gasteiger partial charge is 0.371 e. The minimum Gasteiger partial charge on any atom is -0.360 e. The number of benzene rings is 3. The second-order valence-electron chi connectivity index (χ2n) is 13.1. The third-order valence-corrected chi connectivity index (χ3v) is 15.4. The summed E-state index contributed by atoms with van der Waals surface area (Å²) in [5.41, 5.74) is 8.47. The fourth-order valence-electron chi connectivity index (χ4n) is 8.59. The normalized spacial score (nSPS) is 24.0. The van der Waals surface area contributed by atoms with E-state index in [4.69, 9.17) is 12.6 Å². The smallest absolute Gasteiger partial charge is 0.360 e. The molecule has 0 unspecified atom stereocenters. The molecule has 2 nitrogen and oxygen atoms in total. The van der Waals surface area contributed by atoms with Gasteiger partial charge < -0.3 is 5.32 Å². The van der Waals surface area contributed by atoms with Crippen LogP contribution in [0.1, 0.15) is 117 Å². The van der Waals surface area contributed by atoms with Gasteiger partial charge in [-0.05, 0) is 113 Å². The summed E-state index contributed by atoms with van der Waals surface area (Å²) in [6, 6.07) is 26.9. The molecule has 3 aromatic carbocycles. The van der Waals surface area contributed by atoms with Crippen molar-refractivity contribution >= 4 is 25.8 Å². The summed E-state index contributed by atoms with van der Waals surface area (Å²) in [6.45, 7) is 0. The van der Waals surface area contributed by atoms with Gasteiger partial charge in [0.2, 0.25) is 0 Å². The van der Waals surface area contributed by atoms with Gasteiger partial charge in [-0.15, -0.1) is 0 Å². The summed E-state index contributed by atoms with van der Waals surface area (Å²) in [4.78, 5) is 5.57. The van der Waals surface area contributed by atoms with Gasteiger partial charge in [0.1, 0.15) is 11.9 Å². The van der Waals surface area contributed by atoms with Gasteiger partial charge in [-0.3, -0.25) is 4.99 Å². The average molecular weight is 560 g/mol. The minimum atomic E-state index is -1.93. The van der Waals surface area contributed by atoms with Gasteiger partial charge in [0, 0.05) is 0 Å². The predicted octanol–water partition coefficient (Wildman–Crippen LogP) is 8.79. The van der Waals surface area contributed by atoms with Crippen molar-refractivity contribution in [1.29, 1.82) is 0 Å².